The van der Waals surface area contributed by atoms with E-state index in [1.807, 2.05) is 6.07 Å². The Kier molecular flexibility index (Phi) is 5.13. The van der Waals surface area contributed by atoms with Gasteiger partial charge in [0.25, 0.3) is 11.8 Å². The molecule has 0 saturated carbocycles. The molecule has 32 heavy (non-hydrogen) atoms. The van der Waals surface area contributed by atoms with Crippen molar-refractivity contribution in [3.63, 3.8) is 0 Å². The van der Waals surface area contributed by atoms with Crippen LogP contribution < -0.4 is 16.2 Å². The highest BCUT2D eigenvalue weighted by Crippen LogP contribution is 2.29. The van der Waals surface area contributed by atoms with E-state index >= 15 is 0 Å². The number of imide groups is 1. The molecule has 1 aliphatic heterocycles. The van der Waals surface area contributed by atoms with Gasteiger partial charge in [-0.15, -0.1) is 0 Å². The number of furan rings is 1. The molecule has 1 aromatic heterocycles. The van der Waals surface area contributed by atoms with Crippen LogP contribution in [0.2, 0.25) is 0 Å². The third-order valence-corrected chi connectivity index (χ3v) is 5.36. The van der Waals surface area contributed by atoms with Crippen LogP contribution in [0.15, 0.2) is 52.9 Å². The average molecular weight is 438 g/mol. The van der Waals surface area contributed by atoms with Crippen LogP contribution >= 0.6 is 0 Å². The number of hydrogen-bond acceptors (Lipinski definition) is 5. The van der Waals surface area contributed by atoms with Gasteiger partial charge >= 0.3 is 11.9 Å². The van der Waals surface area contributed by atoms with Gasteiger partial charge in [0.15, 0.2) is 5.76 Å². The van der Waals surface area contributed by atoms with E-state index in [-0.39, 0.29) is 5.76 Å². The van der Waals surface area contributed by atoms with Gasteiger partial charge < -0.3 is 9.73 Å². The van der Waals surface area contributed by atoms with Gasteiger partial charge in [0.05, 0.1) is 0 Å². The van der Waals surface area contributed by atoms with E-state index in [0.29, 0.717) is 16.7 Å². The molecular weight excluding hydrogens is 419 g/mol. The van der Waals surface area contributed by atoms with Gasteiger partial charge in [-0.3, -0.25) is 30.1 Å². The van der Waals surface area contributed by atoms with Gasteiger partial charge in [-0.2, -0.15) is 0 Å². The third-order valence-electron chi connectivity index (χ3n) is 5.36. The molecule has 1 fully saturated rings. The summed E-state index contributed by atoms with van der Waals surface area (Å²) in [6, 6.07) is 11.4. The second-order valence-electron chi connectivity index (χ2n) is 7.51. The minimum absolute atomic E-state index is 0.0328. The summed E-state index contributed by atoms with van der Waals surface area (Å²) in [4.78, 5) is 50.6. The zero-order valence-electron chi connectivity index (χ0n) is 17.2. The molecule has 4 rings (SSSR count). The molecule has 1 unspecified atom stereocenters. The number of amides is 5. The number of aryl methyl sites for hydroxylation is 1. The molecule has 0 spiro atoms. The van der Waals surface area contributed by atoms with Gasteiger partial charge in [0.1, 0.15) is 23.5 Å². The van der Waals surface area contributed by atoms with Crippen LogP contribution in [0, 0.1) is 12.7 Å². The number of halogens is 1. The minimum atomic E-state index is -1.44. The number of hydrazine groups is 1. The molecule has 0 radical (unpaired) electrons. The lowest BCUT2D eigenvalue weighted by molar-refractivity contribution is -0.135. The van der Waals surface area contributed by atoms with Gasteiger partial charge in [0, 0.05) is 10.9 Å². The second kappa shape index (κ2) is 7.80. The zero-order chi connectivity index (χ0) is 23.0. The van der Waals surface area contributed by atoms with Gasteiger partial charge in [-0.05, 0) is 37.6 Å². The van der Waals surface area contributed by atoms with Crippen molar-refractivity contribution in [1.82, 2.24) is 21.1 Å². The van der Waals surface area contributed by atoms with Crippen molar-refractivity contribution >= 4 is 34.7 Å². The first-order chi connectivity index (χ1) is 15.2. The predicted molar refractivity (Wildman–Crippen MR) is 111 cm³/mol. The lowest BCUT2D eigenvalue weighted by atomic mass is 9.92. The number of carbonyl (C=O) groups is 4. The van der Waals surface area contributed by atoms with Crippen LogP contribution in [-0.2, 0) is 15.1 Å². The van der Waals surface area contributed by atoms with Gasteiger partial charge in [0.2, 0.25) is 0 Å². The number of rotatable bonds is 4. The molecule has 5 amide bonds. The third kappa shape index (κ3) is 3.55. The first-order valence-corrected chi connectivity index (χ1v) is 9.68. The molecule has 1 saturated heterocycles. The predicted octanol–water partition coefficient (Wildman–Crippen LogP) is 2.11. The Morgan fingerprint density at radius 2 is 1.78 bits per heavy atom. The number of hydrogen-bond donors (Lipinski definition) is 3. The number of nitrogens with one attached hydrogen (secondary N) is 3. The van der Waals surface area contributed by atoms with Crippen molar-refractivity contribution in [3.8, 4) is 0 Å². The first-order valence-electron chi connectivity index (χ1n) is 9.68. The Hall–Kier alpha value is -4.21. The van der Waals surface area contributed by atoms with Crippen LogP contribution in [0.5, 0.6) is 0 Å². The Balaban J connectivity index is 1.41. The summed E-state index contributed by atoms with van der Waals surface area (Å²) < 4.78 is 18.7. The normalized spacial score (nSPS) is 18.0. The van der Waals surface area contributed by atoms with Crippen molar-refractivity contribution in [2.45, 2.75) is 19.4 Å². The molecule has 1 aliphatic rings. The molecule has 0 aliphatic carbocycles. The average Bonchev–Trinajstić information content (AvgIpc) is 3.22. The standard InChI is InChI=1S/C22H19FN4O5/c1-12-15-5-3-4-6-16(15)32-18(12)19(29)26-25-17(28)11-27-20(30)22(2,24-21(27)31)13-7-9-14(23)10-8-13/h3-10H,11H2,1-2H3,(H,24,31)(H,25,28)(H,26,29). The van der Waals surface area contributed by atoms with Crippen molar-refractivity contribution < 1.29 is 28.0 Å². The molecule has 164 valence electrons. The summed E-state index contributed by atoms with van der Waals surface area (Å²) in [6.45, 7) is 2.55. The highest BCUT2D eigenvalue weighted by atomic mass is 19.1. The Morgan fingerprint density at radius 1 is 1.09 bits per heavy atom. The molecule has 2 heterocycles. The largest absolute Gasteiger partial charge is 0.451 e. The molecule has 0 bridgehead atoms. The Bertz CT molecular complexity index is 1250. The molecular formula is C22H19FN4O5. The van der Waals surface area contributed by atoms with E-state index in [0.717, 1.165) is 10.3 Å². The van der Waals surface area contributed by atoms with Gasteiger partial charge in [-0.1, -0.05) is 30.3 Å². The fourth-order valence-electron chi connectivity index (χ4n) is 3.58. The van der Waals surface area contributed by atoms with Gasteiger partial charge in [-0.25, -0.2) is 9.18 Å². The lowest BCUT2D eigenvalue weighted by Crippen LogP contribution is -2.48. The summed E-state index contributed by atoms with van der Waals surface area (Å²) in [6.07, 6.45) is 0. The summed E-state index contributed by atoms with van der Waals surface area (Å²) in [5.41, 5.74) is 4.45. The number of para-hydroxylation sites is 1. The highest BCUT2D eigenvalue weighted by molar-refractivity contribution is 6.09. The summed E-state index contributed by atoms with van der Waals surface area (Å²) in [5, 5.41) is 3.28. The van der Waals surface area contributed by atoms with Crippen molar-refractivity contribution in [2.75, 3.05) is 6.54 Å². The maximum Gasteiger partial charge on any atom is 0.325 e. The van der Waals surface area contributed by atoms with E-state index in [2.05, 4.69) is 16.2 Å². The monoisotopic (exact) mass is 438 g/mol. The quantitative estimate of drug-likeness (QED) is 0.426. The van der Waals surface area contributed by atoms with Crippen LogP contribution in [0.3, 0.4) is 0 Å². The number of fused-ring (bicyclic) bond motifs is 1. The van der Waals surface area contributed by atoms with E-state index in [1.54, 1.807) is 25.1 Å². The summed E-state index contributed by atoms with van der Waals surface area (Å²) in [5.74, 6) is -2.60. The molecule has 3 aromatic rings. The zero-order valence-corrected chi connectivity index (χ0v) is 17.2. The Morgan fingerprint density at radius 3 is 2.47 bits per heavy atom. The second-order valence-corrected chi connectivity index (χ2v) is 7.51. The maximum absolute atomic E-state index is 13.2. The topological polar surface area (TPSA) is 121 Å². The highest BCUT2D eigenvalue weighted by Gasteiger charge is 2.49. The van der Waals surface area contributed by atoms with Crippen molar-refractivity contribution in [3.05, 3.63) is 71.2 Å². The van der Waals surface area contributed by atoms with Crippen LogP contribution in [0.1, 0.15) is 28.6 Å². The SMILES string of the molecule is Cc1c(C(=O)NNC(=O)CN2C(=O)NC(C)(c3ccc(F)cc3)C2=O)oc2ccccc12. The molecule has 1 atom stereocenters. The minimum Gasteiger partial charge on any atom is -0.451 e. The molecule has 9 nitrogen and oxygen atoms in total. The molecule has 2 aromatic carbocycles. The maximum atomic E-state index is 13.2. The fourth-order valence-corrected chi connectivity index (χ4v) is 3.58. The fraction of sp³-hybridized carbons (Fsp3) is 0.182. The van der Waals surface area contributed by atoms with Crippen LogP contribution in [0.4, 0.5) is 9.18 Å². The van der Waals surface area contributed by atoms with Crippen molar-refractivity contribution in [2.24, 2.45) is 0 Å². The summed E-state index contributed by atoms with van der Waals surface area (Å²) >= 11 is 0. The number of benzene rings is 2. The van der Waals surface area contributed by atoms with E-state index < -0.39 is 41.7 Å². The van der Waals surface area contributed by atoms with Crippen LogP contribution in [0.25, 0.3) is 11.0 Å². The number of nitrogens with zero attached hydrogens (tertiary/aromatic N) is 1. The smallest absolute Gasteiger partial charge is 0.325 e. The number of urea groups is 1. The first kappa shape index (κ1) is 21.0. The lowest BCUT2D eigenvalue weighted by Gasteiger charge is -2.22. The van der Waals surface area contributed by atoms with Crippen LogP contribution in [-0.4, -0.2) is 35.2 Å². The summed E-state index contributed by atoms with van der Waals surface area (Å²) in [7, 11) is 0. The molecule has 10 heteroatoms. The molecule has 3 N–H and O–H groups in total. The van der Waals surface area contributed by atoms with E-state index in [1.165, 1.54) is 31.2 Å². The van der Waals surface area contributed by atoms with E-state index in [4.69, 9.17) is 4.42 Å². The van der Waals surface area contributed by atoms with E-state index in [9.17, 15) is 23.6 Å². The van der Waals surface area contributed by atoms with Crippen molar-refractivity contribution in [1.29, 1.82) is 0 Å². The number of carbonyl (C=O) groups excluding carboxylic acids is 4. The Labute approximate surface area is 181 Å².